The maximum Gasteiger partial charge on any atom is 0.335 e. The Hall–Kier alpha value is -0.610. The van der Waals surface area contributed by atoms with Crippen molar-refractivity contribution in [3.05, 3.63) is 0 Å². The Morgan fingerprint density at radius 3 is 2.29 bits per heavy atom. The van der Waals surface area contributed by atoms with Crippen LogP contribution in [0.25, 0.3) is 0 Å². The Morgan fingerprint density at radius 1 is 1.36 bits per heavy atom. The van der Waals surface area contributed by atoms with Gasteiger partial charge in [0.2, 0.25) is 0 Å². The molecule has 0 aromatic heterocycles. The summed E-state index contributed by atoms with van der Waals surface area (Å²) in [7, 11) is 0. The molecule has 1 unspecified atom stereocenters. The molecule has 0 bridgehead atoms. The van der Waals surface area contributed by atoms with E-state index in [0.717, 1.165) is 32.5 Å². The summed E-state index contributed by atoms with van der Waals surface area (Å²) in [4.78, 5) is 12.8. The van der Waals surface area contributed by atoms with Crippen molar-refractivity contribution in [2.45, 2.75) is 39.8 Å². The Kier molecular flexibility index (Phi) is 7.42. The number of hydrogen-bond acceptors (Lipinski definition) is 3. The van der Waals surface area contributed by atoms with E-state index in [1.54, 1.807) is 0 Å². The fraction of sp³-hybridized carbons (Fsp3) is 0.900. The van der Waals surface area contributed by atoms with Crippen molar-refractivity contribution in [3.63, 3.8) is 0 Å². The minimum atomic E-state index is -0.787. The average Bonchev–Trinajstić information content (AvgIpc) is 2.17. The fourth-order valence-electron chi connectivity index (χ4n) is 1.38. The van der Waals surface area contributed by atoms with Crippen molar-refractivity contribution in [2.24, 2.45) is 0 Å². The molecule has 0 aromatic carbocycles. The lowest BCUT2D eigenvalue weighted by Gasteiger charge is -2.26. The van der Waals surface area contributed by atoms with E-state index in [2.05, 4.69) is 12.2 Å². The van der Waals surface area contributed by atoms with Crippen LogP contribution in [0, 0.1) is 0 Å². The highest BCUT2D eigenvalue weighted by atomic mass is 16.4. The van der Waals surface area contributed by atoms with Gasteiger partial charge >= 0.3 is 5.97 Å². The van der Waals surface area contributed by atoms with Crippen molar-refractivity contribution in [3.8, 4) is 0 Å². The quantitative estimate of drug-likeness (QED) is 0.457. The van der Waals surface area contributed by atoms with E-state index in [9.17, 15) is 4.79 Å². The molecule has 0 heterocycles. The SMILES string of the molecule is CCCCNC(C(=O)O)N(CC)CC. The third kappa shape index (κ3) is 4.58. The van der Waals surface area contributed by atoms with Crippen molar-refractivity contribution in [1.29, 1.82) is 0 Å². The molecule has 0 radical (unpaired) electrons. The van der Waals surface area contributed by atoms with Crippen LogP contribution in [0.5, 0.6) is 0 Å². The van der Waals surface area contributed by atoms with Gasteiger partial charge in [0.25, 0.3) is 0 Å². The van der Waals surface area contributed by atoms with Gasteiger partial charge in [-0.1, -0.05) is 27.2 Å². The molecular weight excluding hydrogens is 180 g/mol. The smallest absolute Gasteiger partial charge is 0.335 e. The minimum Gasteiger partial charge on any atom is -0.479 e. The molecular formula is C10H22N2O2. The average molecular weight is 202 g/mol. The van der Waals surface area contributed by atoms with E-state index in [-0.39, 0.29) is 0 Å². The first kappa shape index (κ1) is 13.4. The largest absolute Gasteiger partial charge is 0.479 e. The Labute approximate surface area is 86.3 Å². The van der Waals surface area contributed by atoms with Gasteiger partial charge in [-0.3, -0.25) is 10.2 Å². The lowest BCUT2D eigenvalue weighted by atomic mass is 10.3. The molecule has 0 aliphatic carbocycles. The molecule has 0 rings (SSSR count). The lowest BCUT2D eigenvalue weighted by Crippen LogP contribution is -2.51. The molecule has 84 valence electrons. The number of hydrogen-bond donors (Lipinski definition) is 2. The van der Waals surface area contributed by atoms with Crippen LogP contribution in [-0.2, 0) is 4.79 Å². The van der Waals surface area contributed by atoms with Gasteiger partial charge in [0.15, 0.2) is 6.17 Å². The maximum atomic E-state index is 10.9. The first-order valence-electron chi connectivity index (χ1n) is 5.37. The highest BCUT2D eigenvalue weighted by Gasteiger charge is 2.21. The molecule has 14 heavy (non-hydrogen) atoms. The maximum absolute atomic E-state index is 10.9. The summed E-state index contributed by atoms with van der Waals surface area (Å²) in [5.74, 6) is -0.787. The van der Waals surface area contributed by atoms with Gasteiger partial charge in [0, 0.05) is 0 Å². The van der Waals surface area contributed by atoms with Crippen LogP contribution >= 0.6 is 0 Å². The van der Waals surface area contributed by atoms with Gasteiger partial charge in [-0.05, 0) is 26.1 Å². The van der Waals surface area contributed by atoms with E-state index >= 15 is 0 Å². The summed E-state index contributed by atoms with van der Waals surface area (Å²) >= 11 is 0. The Morgan fingerprint density at radius 2 is 1.93 bits per heavy atom. The zero-order valence-corrected chi connectivity index (χ0v) is 9.42. The molecule has 0 aliphatic rings. The van der Waals surface area contributed by atoms with Crippen LogP contribution in [0.4, 0.5) is 0 Å². The first-order valence-corrected chi connectivity index (χ1v) is 5.37. The number of carboxylic acid groups (broad SMARTS) is 1. The number of unbranched alkanes of at least 4 members (excludes halogenated alkanes) is 1. The van der Waals surface area contributed by atoms with Gasteiger partial charge in [0.1, 0.15) is 0 Å². The summed E-state index contributed by atoms with van der Waals surface area (Å²) in [5.41, 5.74) is 0. The molecule has 1 atom stereocenters. The third-order valence-electron chi connectivity index (χ3n) is 2.28. The molecule has 4 heteroatoms. The molecule has 0 amide bonds. The van der Waals surface area contributed by atoms with Crippen molar-refractivity contribution >= 4 is 5.97 Å². The van der Waals surface area contributed by atoms with Crippen LogP contribution in [0.1, 0.15) is 33.6 Å². The second kappa shape index (κ2) is 7.76. The number of likely N-dealkylation sites (N-methyl/N-ethyl adjacent to an activating group) is 1. The monoisotopic (exact) mass is 202 g/mol. The highest BCUT2D eigenvalue weighted by molar-refractivity contribution is 5.72. The number of carbonyl (C=O) groups is 1. The van der Waals surface area contributed by atoms with E-state index in [1.807, 2.05) is 18.7 Å². The second-order valence-electron chi connectivity index (χ2n) is 3.27. The summed E-state index contributed by atoms with van der Waals surface area (Å²) < 4.78 is 0. The summed E-state index contributed by atoms with van der Waals surface area (Å²) in [6.45, 7) is 8.32. The summed E-state index contributed by atoms with van der Waals surface area (Å²) in [6, 6.07) is 0. The molecule has 4 nitrogen and oxygen atoms in total. The van der Waals surface area contributed by atoms with Gasteiger partial charge in [-0.25, -0.2) is 4.79 Å². The molecule has 0 saturated carbocycles. The topological polar surface area (TPSA) is 52.6 Å². The predicted octanol–water partition coefficient (Wildman–Crippen LogP) is 1.13. The number of rotatable bonds is 8. The lowest BCUT2D eigenvalue weighted by molar-refractivity contribution is -0.144. The standard InChI is InChI=1S/C10H22N2O2/c1-4-7-8-11-9(10(13)14)12(5-2)6-3/h9,11H,4-8H2,1-3H3,(H,13,14). The molecule has 0 saturated heterocycles. The van der Waals surface area contributed by atoms with Gasteiger partial charge in [-0.15, -0.1) is 0 Å². The van der Waals surface area contributed by atoms with Crippen LogP contribution in [0.15, 0.2) is 0 Å². The van der Waals surface area contributed by atoms with E-state index in [0.29, 0.717) is 0 Å². The molecule has 0 spiro atoms. The van der Waals surface area contributed by atoms with Gasteiger partial charge < -0.3 is 5.11 Å². The second-order valence-corrected chi connectivity index (χ2v) is 3.27. The molecule has 2 N–H and O–H groups in total. The summed E-state index contributed by atoms with van der Waals surface area (Å²) in [6.07, 6.45) is 1.57. The van der Waals surface area contributed by atoms with E-state index in [4.69, 9.17) is 5.11 Å². The minimum absolute atomic E-state index is 0.531. The third-order valence-corrected chi connectivity index (χ3v) is 2.28. The molecule has 0 fully saturated rings. The first-order chi connectivity index (χ1) is 6.67. The van der Waals surface area contributed by atoms with Crippen molar-refractivity contribution in [2.75, 3.05) is 19.6 Å². The van der Waals surface area contributed by atoms with Gasteiger partial charge in [0.05, 0.1) is 0 Å². The van der Waals surface area contributed by atoms with Crippen LogP contribution in [-0.4, -0.2) is 41.8 Å². The van der Waals surface area contributed by atoms with Gasteiger partial charge in [-0.2, -0.15) is 0 Å². The van der Waals surface area contributed by atoms with E-state index < -0.39 is 12.1 Å². The highest BCUT2D eigenvalue weighted by Crippen LogP contribution is 1.97. The normalized spacial score (nSPS) is 13.1. The number of aliphatic carboxylic acids is 1. The fourth-order valence-corrected chi connectivity index (χ4v) is 1.38. The molecule has 0 aromatic rings. The van der Waals surface area contributed by atoms with Crippen LogP contribution < -0.4 is 5.32 Å². The zero-order valence-electron chi connectivity index (χ0n) is 9.42. The number of carboxylic acids is 1. The van der Waals surface area contributed by atoms with Crippen LogP contribution in [0.3, 0.4) is 0 Å². The van der Waals surface area contributed by atoms with Crippen molar-refractivity contribution in [1.82, 2.24) is 10.2 Å². The number of nitrogens with zero attached hydrogens (tertiary/aromatic N) is 1. The van der Waals surface area contributed by atoms with Crippen LogP contribution in [0.2, 0.25) is 0 Å². The summed E-state index contributed by atoms with van der Waals surface area (Å²) in [5, 5.41) is 12.0. The Bertz CT molecular complexity index is 158. The van der Waals surface area contributed by atoms with E-state index in [1.165, 1.54) is 0 Å². The Balaban J connectivity index is 4.06. The molecule has 0 aliphatic heterocycles. The number of nitrogens with one attached hydrogen (secondary N) is 1. The van der Waals surface area contributed by atoms with Crippen molar-refractivity contribution < 1.29 is 9.90 Å². The zero-order chi connectivity index (χ0) is 11.0. The predicted molar refractivity (Wildman–Crippen MR) is 57.3 cm³/mol.